The lowest BCUT2D eigenvalue weighted by Gasteiger charge is -2.52. The Balaban J connectivity index is 1.10. The first kappa shape index (κ1) is 38.7. The lowest BCUT2D eigenvalue weighted by molar-refractivity contribution is 0.724. The van der Waals surface area contributed by atoms with Crippen LogP contribution in [0.25, 0.3) is 21.5 Å². The quantitative estimate of drug-likeness (QED) is 0.163. The molecule has 0 saturated heterocycles. The van der Waals surface area contributed by atoms with E-state index in [1.807, 2.05) is 0 Å². The van der Waals surface area contributed by atoms with Crippen LogP contribution in [0.5, 0.6) is 0 Å². The molecule has 0 N–H and O–H groups in total. The van der Waals surface area contributed by atoms with Gasteiger partial charge in [0.2, 0.25) is 13.4 Å². The monoisotopic (exact) mass is 828 g/mol. The van der Waals surface area contributed by atoms with Crippen molar-refractivity contribution in [1.29, 1.82) is 0 Å². The van der Waals surface area contributed by atoms with Crippen LogP contribution in [-0.2, 0) is 0 Å². The minimum Gasteiger partial charge on any atom is -0.308 e. The summed E-state index contributed by atoms with van der Waals surface area (Å²) in [4.78, 5) is 5.47. The second kappa shape index (κ2) is 14.4. The minimum atomic E-state index is 0.107. The molecule has 314 valence electrons. The summed E-state index contributed by atoms with van der Waals surface area (Å²) < 4.78 is 0. The van der Waals surface area contributed by atoms with Crippen molar-refractivity contribution in [2.24, 2.45) is 0 Å². The normalized spacial score (nSPS) is 17.9. The SMILES string of the molecule is Cc1cc(C)c(B2C3=C4C(=CCC3)N3c5cc6ccc(C7CCCC7)cc6cc5B(c5c(C)cc(C)cc5C)c5cccc(c53)N4c3cc4ccc(C5CCCC5)cc4cc32)c(C)c1. The molecule has 13 rings (SSSR count). The third kappa shape index (κ3) is 5.66. The van der Waals surface area contributed by atoms with E-state index in [1.165, 1.54) is 179 Å². The van der Waals surface area contributed by atoms with Gasteiger partial charge in [-0.15, -0.1) is 0 Å². The van der Waals surface area contributed by atoms with Gasteiger partial charge >= 0.3 is 0 Å². The number of hydrogen-bond donors (Lipinski definition) is 0. The molecule has 2 nitrogen and oxygen atoms in total. The van der Waals surface area contributed by atoms with E-state index in [0.717, 1.165) is 12.8 Å². The van der Waals surface area contributed by atoms with Gasteiger partial charge in [-0.25, -0.2) is 0 Å². The van der Waals surface area contributed by atoms with Gasteiger partial charge in [0.15, 0.2) is 0 Å². The maximum Gasteiger partial charge on any atom is 0.247 e. The van der Waals surface area contributed by atoms with E-state index in [4.69, 9.17) is 0 Å². The number of aryl methyl sites for hydroxylation is 6. The topological polar surface area (TPSA) is 6.48 Å². The Bertz CT molecular complexity index is 3180. The van der Waals surface area contributed by atoms with E-state index in [0.29, 0.717) is 11.8 Å². The molecule has 7 aromatic carbocycles. The molecule has 3 heterocycles. The molecular formula is C60H58B2N2. The van der Waals surface area contributed by atoms with Gasteiger partial charge in [-0.3, -0.25) is 0 Å². The van der Waals surface area contributed by atoms with Crippen molar-refractivity contribution >= 4 is 85.0 Å². The standard InChI is InChI=1S/C60H58B2N2/c1-35-25-37(3)57(38(4)26-35)61-49-17-11-19-53-59(49)63(55-33-45-23-21-43(41-13-7-8-14-41)29-47(45)31-51(55)61)54-20-12-18-50-60(54)64(53)56-34-46-24-22-44(42-15-9-10-16-42)30-48(46)32-52(56)62(50)58-39(5)27-36(2)28-40(58)6/h11,17,19-34,41-42H,7-10,12-16,18H2,1-6H3. The number of rotatable bonds is 4. The van der Waals surface area contributed by atoms with Gasteiger partial charge in [-0.1, -0.05) is 166 Å². The Kier molecular flexibility index (Phi) is 8.70. The fraction of sp³-hybridized carbons (Fsp3) is 0.300. The summed E-state index contributed by atoms with van der Waals surface area (Å²) in [6, 6.07) is 42.2. The van der Waals surface area contributed by atoms with Crippen molar-refractivity contribution in [1.82, 2.24) is 0 Å². The van der Waals surface area contributed by atoms with E-state index in [-0.39, 0.29) is 13.4 Å². The van der Waals surface area contributed by atoms with E-state index in [2.05, 4.69) is 161 Å². The van der Waals surface area contributed by atoms with Crippen molar-refractivity contribution in [3.8, 4) is 0 Å². The molecule has 0 amide bonds. The molecule has 6 aliphatic rings. The Morgan fingerprint density at radius 3 is 1.55 bits per heavy atom. The first-order valence-corrected chi connectivity index (χ1v) is 24.7. The van der Waals surface area contributed by atoms with Crippen molar-refractivity contribution in [2.45, 2.75) is 118 Å². The first-order chi connectivity index (χ1) is 31.2. The van der Waals surface area contributed by atoms with Gasteiger partial charge in [0.05, 0.1) is 22.8 Å². The highest BCUT2D eigenvalue weighted by molar-refractivity contribution is 6.99. The Morgan fingerprint density at radius 2 is 0.984 bits per heavy atom. The molecule has 7 aromatic rings. The minimum absolute atomic E-state index is 0.107. The van der Waals surface area contributed by atoms with E-state index < -0.39 is 0 Å². The molecular weight excluding hydrogens is 770 g/mol. The summed E-state index contributed by atoms with van der Waals surface area (Å²) in [7, 11) is 0. The Labute approximate surface area is 381 Å². The van der Waals surface area contributed by atoms with Crippen molar-refractivity contribution in [3.05, 3.63) is 171 Å². The predicted molar refractivity (Wildman–Crippen MR) is 276 cm³/mol. The Hall–Kier alpha value is -5.73. The van der Waals surface area contributed by atoms with Crippen LogP contribution in [0, 0.1) is 41.5 Å². The number of benzene rings is 7. The predicted octanol–water partition coefficient (Wildman–Crippen LogP) is 12.4. The summed E-state index contributed by atoms with van der Waals surface area (Å²) in [5.41, 5.74) is 28.2. The van der Waals surface area contributed by atoms with Crippen LogP contribution in [0.3, 0.4) is 0 Å². The van der Waals surface area contributed by atoms with Crippen molar-refractivity contribution < 1.29 is 0 Å². The van der Waals surface area contributed by atoms with Crippen LogP contribution in [0.4, 0.5) is 22.7 Å². The largest absolute Gasteiger partial charge is 0.308 e. The highest BCUT2D eigenvalue weighted by Gasteiger charge is 2.49. The van der Waals surface area contributed by atoms with Gasteiger partial charge in [0.25, 0.3) is 0 Å². The number of allylic oxidation sites excluding steroid dienone is 2. The number of para-hydroxylation sites is 1. The zero-order valence-corrected chi connectivity index (χ0v) is 38.7. The smallest absolute Gasteiger partial charge is 0.247 e. The number of hydrogen-bond acceptors (Lipinski definition) is 2. The molecule has 0 bridgehead atoms. The summed E-state index contributed by atoms with van der Waals surface area (Å²) in [6.45, 7) is 14.2. The molecule has 2 saturated carbocycles. The zero-order valence-electron chi connectivity index (χ0n) is 38.7. The molecule has 64 heavy (non-hydrogen) atoms. The number of fused-ring (bicyclic) bond motifs is 8. The third-order valence-electron chi connectivity index (χ3n) is 16.8. The van der Waals surface area contributed by atoms with Gasteiger partial charge in [0, 0.05) is 11.4 Å². The molecule has 0 unspecified atom stereocenters. The molecule has 0 aromatic heterocycles. The van der Waals surface area contributed by atoms with Crippen LogP contribution in [0.2, 0.25) is 0 Å². The average molecular weight is 829 g/mol. The maximum absolute atomic E-state index is 2.73. The summed E-state index contributed by atoms with van der Waals surface area (Å²) in [6.07, 6.45) is 15.4. The summed E-state index contributed by atoms with van der Waals surface area (Å²) in [5.74, 6) is 1.37. The highest BCUT2D eigenvalue weighted by Crippen LogP contribution is 2.54. The molecule has 0 spiro atoms. The fourth-order valence-corrected chi connectivity index (χ4v) is 14.2. The van der Waals surface area contributed by atoms with Crippen LogP contribution in [0.1, 0.15) is 121 Å². The number of nitrogens with zero attached hydrogens (tertiary/aromatic N) is 2. The van der Waals surface area contributed by atoms with Gasteiger partial charge < -0.3 is 9.80 Å². The second-order valence-electron chi connectivity index (χ2n) is 20.9. The number of anilines is 4. The summed E-state index contributed by atoms with van der Waals surface area (Å²) in [5, 5.41) is 5.45. The van der Waals surface area contributed by atoms with E-state index in [1.54, 1.807) is 5.47 Å². The maximum atomic E-state index is 2.73. The van der Waals surface area contributed by atoms with Crippen molar-refractivity contribution in [3.63, 3.8) is 0 Å². The van der Waals surface area contributed by atoms with Gasteiger partial charge in [0.1, 0.15) is 0 Å². The first-order valence-electron chi connectivity index (χ1n) is 24.7. The third-order valence-corrected chi connectivity index (χ3v) is 16.8. The molecule has 4 heteroatoms. The highest BCUT2D eigenvalue weighted by atomic mass is 15.3. The van der Waals surface area contributed by atoms with Crippen LogP contribution in [-0.4, -0.2) is 13.4 Å². The van der Waals surface area contributed by atoms with Crippen LogP contribution in [0.15, 0.2) is 126 Å². The Morgan fingerprint density at radius 1 is 0.469 bits per heavy atom. The van der Waals surface area contributed by atoms with E-state index in [9.17, 15) is 0 Å². The summed E-state index contributed by atoms with van der Waals surface area (Å²) >= 11 is 0. The van der Waals surface area contributed by atoms with Crippen LogP contribution < -0.4 is 37.1 Å². The van der Waals surface area contributed by atoms with Gasteiger partial charge in [-0.05, 0) is 159 Å². The lowest BCUT2D eigenvalue weighted by Crippen LogP contribution is -2.61. The molecule has 3 aliphatic heterocycles. The fourth-order valence-electron chi connectivity index (χ4n) is 14.2. The molecule has 0 radical (unpaired) electrons. The molecule has 3 aliphatic carbocycles. The second-order valence-corrected chi connectivity index (χ2v) is 20.9. The lowest BCUT2D eigenvalue weighted by atomic mass is 9.32. The van der Waals surface area contributed by atoms with Crippen molar-refractivity contribution in [2.75, 3.05) is 9.80 Å². The van der Waals surface area contributed by atoms with Crippen LogP contribution >= 0.6 is 0 Å². The zero-order chi connectivity index (χ0) is 43.1. The molecule has 2 fully saturated rings. The average Bonchev–Trinajstić information content (AvgIpc) is 4.03. The molecule has 0 atom stereocenters. The van der Waals surface area contributed by atoms with E-state index >= 15 is 0 Å². The van der Waals surface area contributed by atoms with Gasteiger partial charge in [-0.2, -0.15) is 0 Å².